The van der Waals surface area contributed by atoms with Gasteiger partial charge in [-0.05, 0) is 6.42 Å². The van der Waals surface area contributed by atoms with Crippen LogP contribution in [-0.2, 0) is 9.59 Å². The Morgan fingerprint density at radius 3 is 2.35 bits per heavy atom. The Morgan fingerprint density at radius 1 is 1.35 bits per heavy atom. The molecular weight excluding hydrogens is 245 g/mol. The number of aliphatic carboxylic acids is 1. The quantitative estimate of drug-likeness (QED) is 0.510. The van der Waals surface area contributed by atoms with Crippen LogP contribution in [0.3, 0.4) is 0 Å². The summed E-state index contributed by atoms with van der Waals surface area (Å²) in [5, 5.41) is 21.9. The maximum Gasteiger partial charge on any atom is 0.471 e. The number of hydrogen-bond donors (Lipinski definition) is 4. The van der Waals surface area contributed by atoms with Crippen molar-refractivity contribution >= 4 is 11.9 Å². The third kappa shape index (κ3) is 3.56. The molecule has 98 valence electrons. The van der Waals surface area contributed by atoms with Gasteiger partial charge in [-0.15, -0.1) is 0 Å². The lowest BCUT2D eigenvalue weighted by Crippen LogP contribution is -2.60. The first kappa shape index (κ1) is 13.7. The Balaban J connectivity index is 2.53. The maximum atomic E-state index is 11.9. The second-order valence-electron chi connectivity index (χ2n) is 3.70. The molecule has 1 saturated heterocycles. The smallest absolute Gasteiger partial charge is 0.471 e. The number of carboxylic acid groups (broad SMARTS) is 1. The molecule has 0 aromatic heterocycles. The van der Waals surface area contributed by atoms with E-state index in [1.807, 2.05) is 0 Å². The Labute approximate surface area is 93.8 Å². The molecular formula is C8H11F3N2O4. The van der Waals surface area contributed by atoms with Gasteiger partial charge in [-0.2, -0.15) is 13.2 Å². The average Bonchev–Trinajstić information content (AvgIpc) is 2.19. The van der Waals surface area contributed by atoms with Crippen LogP contribution in [0.1, 0.15) is 6.42 Å². The maximum absolute atomic E-state index is 11.9. The lowest BCUT2D eigenvalue weighted by Gasteiger charge is -2.32. The molecule has 0 bridgehead atoms. The highest BCUT2D eigenvalue weighted by molar-refractivity contribution is 5.82. The number of alkyl halides is 3. The van der Waals surface area contributed by atoms with Crippen molar-refractivity contribution in [1.29, 1.82) is 0 Å². The van der Waals surface area contributed by atoms with Crippen molar-refractivity contribution in [2.45, 2.75) is 24.9 Å². The lowest BCUT2D eigenvalue weighted by molar-refractivity contribution is -0.176. The highest BCUT2D eigenvalue weighted by Gasteiger charge is 2.42. The fraction of sp³-hybridized carbons (Fsp3) is 0.750. The van der Waals surface area contributed by atoms with Crippen molar-refractivity contribution in [3.05, 3.63) is 0 Å². The Bertz CT molecular complexity index is 320. The van der Waals surface area contributed by atoms with Gasteiger partial charge in [-0.3, -0.25) is 14.9 Å². The summed E-state index contributed by atoms with van der Waals surface area (Å²) >= 11 is 0. The molecule has 3 atom stereocenters. The van der Waals surface area contributed by atoms with E-state index in [0.29, 0.717) is 0 Å². The van der Waals surface area contributed by atoms with Gasteiger partial charge in [-0.1, -0.05) is 0 Å². The molecule has 1 aliphatic heterocycles. The number of aliphatic hydroxyl groups is 1. The van der Waals surface area contributed by atoms with Gasteiger partial charge in [0.15, 0.2) is 0 Å². The summed E-state index contributed by atoms with van der Waals surface area (Å²) in [6, 6.07) is 0. The molecule has 0 radical (unpaired) electrons. The molecule has 0 aliphatic carbocycles. The first-order chi connectivity index (χ1) is 7.71. The van der Waals surface area contributed by atoms with E-state index >= 15 is 0 Å². The van der Waals surface area contributed by atoms with Crippen LogP contribution in [0, 0.1) is 5.92 Å². The zero-order valence-corrected chi connectivity index (χ0v) is 8.49. The molecule has 1 amide bonds. The average molecular weight is 256 g/mol. The Morgan fingerprint density at radius 2 is 1.94 bits per heavy atom. The molecule has 0 spiro atoms. The summed E-state index contributed by atoms with van der Waals surface area (Å²) in [4.78, 5) is 21.2. The number of rotatable bonds is 2. The monoisotopic (exact) mass is 256 g/mol. The van der Waals surface area contributed by atoms with Crippen molar-refractivity contribution in [2.75, 3.05) is 6.54 Å². The normalized spacial score (nSPS) is 29.8. The van der Waals surface area contributed by atoms with Gasteiger partial charge in [-0.25, -0.2) is 0 Å². The van der Waals surface area contributed by atoms with E-state index in [0.717, 1.165) is 0 Å². The molecule has 0 saturated carbocycles. The number of halogens is 3. The fourth-order valence-electron chi connectivity index (χ4n) is 1.47. The number of carboxylic acids is 1. The SMILES string of the molecule is O=C(O)C1CNC(NC(=O)C(F)(F)F)C(O)C1. The van der Waals surface area contributed by atoms with Crippen molar-refractivity contribution in [3.8, 4) is 0 Å². The minimum Gasteiger partial charge on any atom is -0.481 e. The number of carbonyl (C=O) groups excluding carboxylic acids is 1. The van der Waals surface area contributed by atoms with Gasteiger partial charge in [0.2, 0.25) is 0 Å². The number of hydrogen-bond acceptors (Lipinski definition) is 4. The fourth-order valence-corrected chi connectivity index (χ4v) is 1.47. The lowest BCUT2D eigenvalue weighted by atomic mass is 9.95. The predicted molar refractivity (Wildman–Crippen MR) is 47.7 cm³/mol. The first-order valence-electron chi connectivity index (χ1n) is 4.73. The zero-order valence-electron chi connectivity index (χ0n) is 8.49. The second-order valence-corrected chi connectivity index (χ2v) is 3.70. The predicted octanol–water partition coefficient (Wildman–Crippen LogP) is -0.954. The molecule has 6 nitrogen and oxygen atoms in total. The summed E-state index contributed by atoms with van der Waals surface area (Å²) in [6.07, 6.45) is -7.92. The molecule has 17 heavy (non-hydrogen) atoms. The van der Waals surface area contributed by atoms with Crippen molar-refractivity contribution in [1.82, 2.24) is 10.6 Å². The number of amides is 1. The molecule has 9 heteroatoms. The molecule has 0 aromatic rings. The van der Waals surface area contributed by atoms with Gasteiger partial charge in [0.25, 0.3) is 0 Å². The van der Waals surface area contributed by atoms with E-state index < -0.39 is 36.2 Å². The van der Waals surface area contributed by atoms with Gasteiger partial charge >= 0.3 is 18.1 Å². The standard InChI is InChI=1S/C8H11F3N2O4/c9-8(10,11)7(17)13-5-4(14)1-3(2-12-5)6(15)16/h3-5,12,14H,1-2H2,(H,13,17)(H,15,16). The van der Waals surface area contributed by atoms with Crippen LogP contribution in [-0.4, -0.2) is 47.1 Å². The molecule has 0 aromatic carbocycles. The minimum absolute atomic E-state index is 0.116. The van der Waals surface area contributed by atoms with E-state index in [1.54, 1.807) is 5.32 Å². The minimum atomic E-state index is -5.04. The molecule has 1 aliphatic rings. The third-order valence-electron chi connectivity index (χ3n) is 2.39. The largest absolute Gasteiger partial charge is 0.481 e. The number of piperidine rings is 1. The Kier molecular flexibility index (Phi) is 3.94. The van der Waals surface area contributed by atoms with E-state index in [9.17, 15) is 27.9 Å². The van der Waals surface area contributed by atoms with E-state index in [4.69, 9.17) is 5.11 Å². The van der Waals surface area contributed by atoms with E-state index in [2.05, 4.69) is 5.32 Å². The number of aliphatic hydroxyl groups excluding tert-OH is 1. The zero-order chi connectivity index (χ0) is 13.2. The summed E-state index contributed by atoms with van der Waals surface area (Å²) < 4.78 is 35.8. The topological polar surface area (TPSA) is 98.7 Å². The molecule has 4 N–H and O–H groups in total. The number of carbonyl (C=O) groups is 2. The molecule has 1 heterocycles. The van der Waals surface area contributed by atoms with Gasteiger partial charge in [0, 0.05) is 6.54 Å². The van der Waals surface area contributed by atoms with Crippen LogP contribution < -0.4 is 10.6 Å². The van der Waals surface area contributed by atoms with Crippen molar-refractivity contribution in [2.24, 2.45) is 5.92 Å². The molecule has 1 rings (SSSR count). The van der Waals surface area contributed by atoms with E-state index in [-0.39, 0.29) is 13.0 Å². The van der Waals surface area contributed by atoms with Gasteiger partial charge in [0.1, 0.15) is 6.17 Å². The highest BCUT2D eigenvalue weighted by atomic mass is 19.4. The van der Waals surface area contributed by atoms with Crippen LogP contribution >= 0.6 is 0 Å². The van der Waals surface area contributed by atoms with Crippen LogP contribution in [0.15, 0.2) is 0 Å². The summed E-state index contributed by atoms with van der Waals surface area (Å²) in [5.74, 6) is -4.22. The van der Waals surface area contributed by atoms with Crippen LogP contribution in [0.5, 0.6) is 0 Å². The van der Waals surface area contributed by atoms with Crippen LogP contribution in [0.4, 0.5) is 13.2 Å². The third-order valence-corrected chi connectivity index (χ3v) is 2.39. The summed E-state index contributed by atoms with van der Waals surface area (Å²) in [6.45, 7) is -0.116. The van der Waals surface area contributed by atoms with Crippen molar-refractivity contribution < 1.29 is 33.0 Å². The summed E-state index contributed by atoms with van der Waals surface area (Å²) in [5.41, 5.74) is 0. The molecule has 1 fully saturated rings. The number of nitrogens with one attached hydrogen (secondary N) is 2. The Hall–Kier alpha value is -1.35. The highest BCUT2D eigenvalue weighted by Crippen LogP contribution is 2.17. The molecule has 3 unspecified atom stereocenters. The second kappa shape index (κ2) is 4.88. The van der Waals surface area contributed by atoms with Gasteiger partial charge < -0.3 is 15.5 Å². The first-order valence-corrected chi connectivity index (χ1v) is 4.73. The van der Waals surface area contributed by atoms with Gasteiger partial charge in [0.05, 0.1) is 12.0 Å². The summed E-state index contributed by atoms with van der Waals surface area (Å²) in [7, 11) is 0. The van der Waals surface area contributed by atoms with Crippen molar-refractivity contribution in [3.63, 3.8) is 0 Å². The van der Waals surface area contributed by atoms with Crippen LogP contribution in [0.25, 0.3) is 0 Å². The van der Waals surface area contributed by atoms with Crippen LogP contribution in [0.2, 0.25) is 0 Å². The van der Waals surface area contributed by atoms with E-state index in [1.165, 1.54) is 0 Å².